The molecular formula is C7H8BrF. The first-order valence-electron chi connectivity index (χ1n) is 2.91. The fourth-order valence-corrected chi connectivity index (χ4v) is 1.16. The second kappa shape index (κ2) is 2.65. The Kier molecular flexibility index (Phi) is 2.06. The fraction of sp³-hybridized carbons (Fsp3) is 0.429. The Labute approximate surface area is 62.6 Å². The Bertz CT molecular complexity index is 179. The number of halogens is 2. The van der Waals surface area contributed by atoms with Crippen molar-refractivity contribution in [2.24, 2.45) is 0 Å². The van der Waals surface area contributed by atoms with E-state index in [9.17, 15) is 4.39 Å². The zero-order valence-corrected chi connectivity index (χ0v) is 6.83. The first-order valence-corrected chi connectivity index (χ1v) is 3.71. The molecular weight excluding hydrogens is 183 g/mol. The zero-order chi connectivity index (χ0) is 6.85. The van der Waals surface area contributed by atoms with E-state index in [4.69, 9.17) is 0 Å². The largest absolute Gasteiger partial charge is 0.207 e. The van der Waals surface area contributed by atoms with Crippen LogP contribution in [0.2, 0.25) is 0 Å². The molecule has 0 amide bonds. The van der Waals surface area contributed by atoms with Gasteiger partial charge in [0.2, 0.25) is 0 Å². The fourth-order valence-electron chi connectivity index (χ4n) is 0.759. The van der Waals surface area contributed by atoms with Gasteiger partial charge in [-0.15, -0.1) is 0 Å². The van der Waals surface area contributed by atoms with E-state index in [2.05, 4.69) is 15.9 Å². The molecule has 0 saturated heterocycles. The number of hydrogen-bond donors (Lipinski definition) is 0. The number of hydrogen-bond acceptors (Lipinski definition) is 0. The molecule has 0 unspecified atom stereocenters. The standard InChI is InChI=1S/C7H8BrF/c1-5-2-3-6(8)4-7(5)9/h4H,2-3H2,1H3. The Morgan fingerprint density at radius 1 is 1.56 bits per heavy atom. The average Bonchev–Trinajstić information content (AvgIpc) is 1.80. The lowest BCUT2D eigenvalue weighted by molar-refractivity contribution is 0.635. The van der Waals surface area contributed by atoms with Gasteiger partial charge in [-0.05, 0) is 35.9 Å². The molecule has 1 aliphatic rings. The maximum atomic E-state index is 12.6. The van der Waals surface area contributed by atoms with Gasteiger partial charge in [0.05, 0.1) is 0 Å². The molecule has 0 saturated carbocycles. The monoisotopic (exact) mass is 190 g/mol. The van der Waals surface area contributed by atoms with Gasteiger partial charge in [0, 0.05) is 0 Å². The maximum absolute atomic E-state index is 12.6. The van der Waals surface area contributed by atoms with Crippen molar-refractivity contribution in [2.45, 2.75) is 19.8 Å². The van der Waals surface area contributed by atoms with Gasteiger partial charge in [-0.25, -0.2) is 4.39 Å². The summed E-state index contributed by atoms with van der Waals surface area (Å²) >= 11 is 3.24. The highest BCUT2D eigenvalue weighted by molar-refractivity contribution is 9.11. The third-order valence-corrected chi connectivity index (χ3v) is 2.06. The molecule has 0 bridgehead atoms. The molecule has 0 aromatic carbocycles. The third-order valence-electron chi connectivity index (χ3n) is 1.43. The molecule has 9 heavy (non-hydrogen) atoms. The highest BCUT2D eigenvalue weighted by Crippen LogP contribution is 2.27. The van der Waals surface area contributed by atoms with E-state index in [0.717, 1.165) is 22.9 Å². The summed E-state index contributed by atoms with van der Waals surface area (Å²) in [5, 5.41) is 0. The molecule has 50 valence electrons. The molecule has 1 rings (SSSR count). The zero-order valence-electron chi connectivity index (χ0n) is 5.25. The van der Waals surface area contributed by atoms with Crippen LogP contribution in [0.25, 0.3) is 0 Å². The summed E-state index contributed by atoms with van der Waals surface area (Å²) in [6.45, 7) is 1.82. The molecule has 1 aliphatic carbocycles. The SMILES string of the molecule is CC1=C(F)C=C(Br)CC1. The molecule has 0 fully saturated rings. The number of allylic oxidation sites excluding steroid dienone is 4. The van der Waals surface area contributed by atoms with Crippen molar-refractivity contribution < 1.29 is 4.39 Å². The lowest BCUT2D eigenvalue weighted by Crippen LogP contribution is -1.88. The van der Waals surface area contributed by atoms with Gasteiger partial charge in [0.25, 0.3) is 0 Å². The van der Waals surface area contributed by atoms with Crippen LogP contribution in [0.15, 0.2) is 22.0 Å². The average molecular weight is 191 g/mol. The Hall–Kier alpha value is -0.110. The van der Waals surface area contributed by atoms with E-state index in [0.29, 0.717) is 0 Å². The van der Waals surface area contributed by atoms with Crippen LogP contribution in [-0.4, -0.2) is 0 Å². The third kappa shape index (κ3) is 1.65. The molecule has 0 atom stereocenters. The lowest BCUT2D eigenvalue weighted by atomic mass is 10.1. The number of rotatable bonds is 0. The van der Waals surface area contributed by atoms with Gasteiger partial charge in [0.1, 0.15) is 5.83 Å². The molecule has 0 nitrogen and oxygen atoms in total. The van der Waals surface area contributed by atoms with Crippen LogP contribution in [0.3, 0.4) is 0 Å². The van der Waals surface area contributed by atoms with E-state index in [1.165, 1.54) is 0 Å². The van der Waals surface area contributed by atoms with Crippen molar-refractivity contribution >= 4 is 15.9 Å². The Morgan fingerprint density at radius 3 is 2.67 bits per heavy atom. The summed E-state index contributed by atoms with van der Waals surface area (Å²) in [6.07, 6.45) is 3.33. The van der Waals surface area contributed by atoms with E-state index in [1.807, 2.05) is 6.92 Å². The second-order valence-electron chi connectivity index (χ2n) is 2.22. The highest BCUT2D eigenvalue weighted by Gasteiger charge is 2.06. The van der Waals surface area contributed by atoms with Crippen LogP contribution in [0.1, 0.15) is 19.8 Å². The summed E-state index contributed by atoms with van der Waals surface area (Å²) in [4.78, 5) is 0. The minimum atomic E-state index is -0.0758. The first-order chi connectivity index (χ1) is 4.20. The van der Waals surface area contributed by atoms with Crippen molar-refractivity contribution in [1.29, 1.82) is 0 Å². The Morgan fingerprint density at radius 2 is 2.22 bits per heavy atom. The van der Waals surface area contributed by atoms with Crippen molar-refractivity contribution in [3.8, 4) is 0 Å². The quantitative estimate of drug-likeness (QED) is 0.551. The van der Waals surface area contributed by atoms with E-state index in [1.54, 1.807) is 6.08 Å². The summed E-state index contributed by atoms with van der Waals surface area (Å²) in [5.41, 5.74) is 0.859. The molecule has 0 heterocycles. The lowest BCUT2D eigenvalue weighted by Gasteiger charge is -2.07. The van der Waals surface area contributed by atoms with Gasteiger partial charge in [-0.1, -0.05) is 15.9 Å². The van der Waals surface area contributed by atoms with Crippen molar-refractivity contribution in [3.63, 3.8) is 0 Å². The predicted molar refractivity (Wildman–Crippen MR) is 40.1 cm³/mol. The molecule has 0 aliphatic heterocycles. The van der Waals surface area contributed by atoms with Crippen molar-refractivity contribution in [2.75, 3.05) is 0 Å². The second-order valence-corrected chi connectivity index (χ2v) is 3.24. The van der Waals surface area contributed by atoms with Crippen LogP contribution in [-0.2, 0) is 0 Å². The summed E-state index contributed by atoms with van der Waals surface area (Å²) in [7, 11) is 0. The summed E-state index contributed by atoms with van der Waals surface area (Å²) < 4.78 is 13.6. The molecule has 0 spiro atoms. The molecule has 0 aromatic rings. The normalized spacial score (nSPS) is 20.1. The summed E-state index contributed by atoms with van der Waals surface area (Å²) in [6, 6.07) is 0. The van der Waals surface area contributed by atoms with Crippen LogP contribution in [0, 0.1) is 0 Å². The molecule has 0 radical (unpaired) electrons. The van der Waals surface area contributed by atoms with Gasteiger partial charge in [0.15, 0.2) is 0 Å². The molecule has 0 aromatic heterocycles. The van der Waals surface area contributed by atoms with Gasteiger partial charge >= 0.3 is 0 Å². The van der Waals surface area contributed by atoms with Gasteiger partial charge < -0.3 is 0 Å². The van der Waals surface area contributed by atoms with Gasteiger partial charge in [-0.3, -0.25) is 0 Å². The molecule has 0 N–H and O–H groups in total. The predicted octanol–water partition coefficient (Wildman–Crippen LogP) is 3.30. The Balaban J connectivity index is 2.83. The van der Waals surface area contributed by atoms with Crippen LogP contribution in [0.5, 0.6) is 0 Å². The van der Waals surface area contributed by atoms with E-state index >= 15 is 0 Å². The van der Waals surface area contributed by atoms with E-state index in [-0.39, 0.29) is 5.83 Å². The van der Waals surface area contributed by atoms with E-state index < -0.39 is 0 Å². The van der Waals surface area contributed by atoms with Crippen LogP contribution >= 0.6 is 15.9 Å². The van der Waals surface area contributed by atoms with Gasteiger partial charge in [-0.2, -0.15) is 0 Å². The smallest absolute Gasteiger partial charge is 0.122 e. The molecule has 2 heteroatoms. The highest BCUT2D eigenvalue weighted by atomic mass is 79.9. The minimum absolute atomic E-state index is 0.0758. The topological polar surface area (TPSA) is 0 Å². The van der Waals surface area contributed by atoms with Crippen LogP contribution in [0.4, 0.5) is 4.39 Å². The van der Waals surface area contributed by atoms with Crippen LogP contribution < -0.4 is 0 Å². The maximum Gasteiger partial charge on any atom is 0.122 e. The first kappa shape index (κ1) is 7.00. The summed E-state index contributed by atoms with van der Waals surface area (Å²) in [5.74, 6) is -0.0758. The van der Waals surface area contributed by atoms with Crippen molar-refractivity contribution in [3.05, 3.63) is 22.0 Å². The minimum Gasteiger partial charge on any atom is -0.207 e. The van der Waals surface area contributed by atoms with Crippen molar-refractivity contribution in [1.82, 2.24) is 0 Å².